The third-order valence-corrected chi connectivity index (χ3v) is 4.57. The zero-order valence-corrected chi connectivity index (χ0v) is 14.4. The van der Waals surface area contributed by atoms with Crippen molar-refractivity contribution in [3.8, 4) is 0 Å². The Kier molecular flexibility index (Phi) is 6.19. The molecule has 3 rings (SSSR count). The maximum atomic E-state index is 12.2. The largest absolute Gasteiger partial charge is 0.381 e. The number of ether oxygens (including phenoxy) is 1. The zero-order chi connectivity index (χ0) is 17.5. The number of nitrogens with two attached hydrogens (primary N) is 1. The van der Waals surface area contributed by atoms with Crippen molar-refractivity contribution in [1.82, 2.24) is 14.9 Å². The van der Waals surface area contributed by atoms with E-state index >= 15 is 0 Å². The summed E-state index contributed by atoms with van der Waals surface area (Å²) >= 11 is 0. The van der Waals surface area contributed by atoms with Gasteiger partial charge in [-0.1, -0.05) is 30.3 Å². The van der Waals surface area contributed by atoms with Crippen molar-refractivity contribution < 1.29 is 9.53 Å². The van der Waals surface area contributed by atoms with Gasteiger partial charge in [-0.3, -0.25) is 4.79 Å². The summed E-state index contributed by atoms with van der Waals surface area (Å²) in [6.45, 7) is 3.01. The summed E-state index contributed by atoms with van der Waals surface area (Å²) in [5, 5.41) is 2.96. The van der Waals surface area contributed by atoms with E-state index < -0.39 is 6.04 Å². The highest BCUT2D eigenvalue weighted by Crippen LogP contribution is 2.13. The van der Waals surface area contributed by atoms with Crippen molar-refractivity contribution >= 4 is 5.91 Å². The Bertz CT molecular complexity index is 665. The van der Waals surface area contributed by atoms with Gasteiger partial charge >= 0.3 is 0 Å². The van der Waals surface area contributed by atoms with E-state index in [2.05, 4.69) is 22.4 Å². The lowest BCUT2D eigenvalue weighted by Gasteiger charge is -2.22. The van der Waals surface area contributed by atoms with Gasteiger partial charge in [0.25, 0.3) is 0 Å². The van der Waals surface area contributed by atoms with Crippen LogP contribution in [-0.4, -0.2) is 41.3 Å². The third kappa shape index (κ3) is 5.41. The Morgan fingerprint density at radius 2 is 2.08 bits per heavy atom. The molecule has 0 spiro atoms. The third-order valence-electron chi connectivity index (χ3n) is 4.57. The molecule has 1 aliphatic rings. The van der Waals surface area contributed by atoms with E-state index in [1.54, 1.807) is 6.33 Å². The second-order valence-electron chi connectivity index (χ2n) is 6.63. The van der Waals surface area contributed by atoms with Gasteiger partial charge in [-0.2, -0.15) is 0 Å². The number of imidazole rings is 1. The number of benzene rings is 1. The van der Waals surface area contributed by atoms with Crippen LogP contribution in [0, 0.1) is 5.92 Å². The molecule has 0 bridgehead atoms. The summed E-state index contributed by atoms with van der Waals surface area (Å²) in [5.74, 6) is 0.388. The standard InChI is InChI=1S/C19H26N4O2/c20-18(19(24)21-11-15-6-8-25-9-7-15)10-17-13-23(14-22-17)12-16-4-2-1-3-5-16/h1-5,13-15,18H,6-12,20H2,(H,21,24)/t18-/m0/s1. The van der Waals surface area contributed by atoms with E-state index in [-0.39, 0.29) is 5.91 Å². The first-order valence-electron chi connectivity index (χ1n) is 8.86. The van der Waals surface area contributed by atoms with Crippen molar-refractivity contribution in [2.24, 2.45) is 11.7 Å². The fraction of sp³-hybridized carbons (Fsp3) is 0.474. The number of hydrogen-bond donors (Lipinski definition) is 2. The average molecular weight is 342 g/mol. The highest BCUT2D eigenvalue weighted by Gasteiger charge is 2.18. The lowest BCUT2D eigenvalue weighted by atomic mass is 10.0. The molecule has 3 N–H and O–H groups in total. The van der Waals surface area contributed by atoms with Crippen LogP contribution in [0.4, 0.5) is 0 Å². The Hall–Kier alpha value is -2.18. The molecule has 2 heterocycles. The van der Waals surface area contributed by atoms with Gasteiger partial charge in [0, 0.05) is 38.9 Å². The molecule has 0 unspecified atom stereocenters. The Morgan fingerprint density at radius 3 is 2.84 bits per heavy atom. The van der Waals surface area contributed by atoms with Crippen LogP contribution in [0.5, 0.6) is 0 Å². The fourth-order valence-corrected chi connectivity index (χ4v) is 3.04. The maximum Gasteiger partial charge on any atom is 0.237 e. The number of aromatic nitrogens is 2. The topological polar surface area (TPSA) is 82.2 Å². The lowest BCUT2D eigenvalue weighted by Crippen LogP contribution is -2.44. The normalized spacial score (nSPS) is 16.5. The minimum Gasteiger partial charge on any atom is -0.381 e. The van der Waals surface area contributed by atoms with Crippen LogP contribution < -0.4 is 11.1 Å². The zero-order valence-electron chi connectivity index (χ0n) is 14.4. The number of carbonyl (C=O) groups excluding carboxylic acids is 1. The van der Waals surface area contributed by atoms with Crippen LogP contribution in [-0.2, 0) is 22.5 Å². The number of amides is 1. The smallest absolute Gasteiger partial charge is 0.237 e. The van der Waals surface area contributed by atoms with Crippen LogP contribution in [0.1, 0.15) is 24.1 Å². The maximum absolute atomic E-state index is 12.2. The molecule has 25 heavy (non-hydrogen) atoms. The number of hydrogen-bond acceptors (Lipinski definition) is 4. The molecule has 1 atom stereocenters. The van der Waals surface area contributed by atoms with E-state index in [1.165, 1.54) is 5.56 Å². The minimum atomic E-state index is -0.570. The van der Waals surface area contributed by atoms with Crippen LogP contribution >= 0.6 is 0 Å². The summed E-state index contributed by atoms with van der Waals surface area (Å²) in [6.07, 6.45) is 6.19. The Balaban J connectivity index is 1.45. The summed E-state index contributed by atoms with van der Waals surface area (Å²) < 4.78 is 7.34. The van der Waals surface area contributed by atoms with Gasteiger partial charge in [0.05, 0.1) is 18.1 Å². The molecule has 0 aliphatic carbocycles. The van der Waals surface area contributed by atoms with E-state index in [0.717, 1.165) is 38.3 Å². The molecule has 6 heteroatoms. The highest BCUT2D eigenvalue weighted by atomic mass is 16.5. The molecule has 1 saturated heterocycles. The molecule has 1 fully saturated rings. The minimum absolute atomic E-state index is 0.107. The van der Waals surface area contributed by atoms with Crippen molar-refractivity contribution in [2.75, 3.05) is 19.8 Å². The van der Waals surface area contributed by atoms with Crippen molar-refractivity contribution in [3.05, 3.63) is 54.1 Å². The second kappa shape index (κ2) is 8.78. The molecule has 1 aromatic carbocycles. The SMILES string of the molecule is N[C@@H](Cc1cn(Cc2ccccc2)cn1)C(=O)NCC1CCOCC1. The van der Waals surface area contributed by atoms with Crippen LogP contribution in [0.15, 0.2) is 42.9 Å². The summed E-state index contributed by atoms with van der Waals surface area (Å²) in [7, 11) is 0. The van der Waals surface area contributed by atoms with E-state index in [9.17, 15) is 4.79 Å². The van der Waals surface area contributed by atoms with Crippen LogP contribution in [0.3, 0.4) is 0 Å². The molecule has 0 radical (unpaired) electrons. The predicted octanol–water partition coefficient (Wildman–Crippen LogP) is 1.34. The summed E-state index contributed by atoms with van der Waals surface area (Å²) in [5.41, 5.74) is 8.09. The van der Waals surface area contributed by atoms with Crippen molar-refractivity contribution in [1.29, 1.82) is 0 Å². The Labute approximate surface area is 148 Å². The van der Waals surface area contributed by atoms with Gasteiger partial charge in [0.2, 0.25) is 5.91 Å². The molecular weight excluding hydrogens is 316 g/mol. The molecule has 0 saturated carbocycles. The summed E-state index contributed by atoms with van der Waals surface area (Å²) in [6, 6.07) is 9.63. The number of nitrogens with zero attached hydrogens (tertiary/aromatic N) is 2. The molecule has 2 aromatic rings. The van der Waals surface area contributed by atoms with E-state index in [4.69, 9.17) is 10.5 Å². The van der Waals surface area contributed by atoms with Crippen LogP contribution in [0.25, 0.3) is 0 Å². The van der Waals surface area contributed by atoms with Crippen molar-refractivity contribution in [3.63, 3.8) is 0 Å². The quantitative estimate of drug-likeness (QED) is 0.796. The summed E-state index contributed by atoms with van der Waals surface area (Å²) in [4.78, 5) is 16.6. The number of nitrogens with one attached hydrogen (secondary N) is 1. The fourth-order valence-electron chi connectivity index (χ4n) is 3.04. The second-order valence-corrected chi connectivity index (χ2v) is 6.63. The van der Waals surface area contributed by atoms with Gasteiger partial charge in [-0.25, -0.2) is 4.98 Å². The van der Waals surface area contributed by atoms with Gasteiger partial charge in [-0.05, 0) is 24.3 Å². The van der Waals surface area contributed by atoms with Crippen LogP contribution in [0.2, 0.25) is 0 Å². The Morgan fingerprint density at radius 1 is 1.32 bits per heavy atom. The van der Waals surface area contributed by atoms with Gasteiger partial charge in [0.1, 0.15) is 0 Å². The average Bonchev–Trinajstić information content (AvgIpc) is 3.08. The van der Waals surface area contributed by atoms with E-state index in [0.29, 0.717) is 18.9 Å². The highest BCUT2D eigenvalue weighted by molar-refractivity contribution is 5.81. The van der Waals surface area contributed by atoms with Gasteiger partial charge in [-0.15, -0.1) is 0 Å². The van der Waals surface area contributed by atoms with E-state index in [1.807, 2.05) is 29.0 Å². The predicted molar refractivity (Wildman–Crippen MR) is 96.0 cm³/mol. The molecule has 1 aromatic heterocycles. The molecule has 6 nitrogen and oxygen atoms in total. The van der Waals surface area contributed by atoms with Gasteiger partial charge in [0.15, 0.2) is 0 Å². The molecule has 1 aliphatic heterocycles. The molecule has 1 amide bonds. The first kappa shape index (κ1) is 17.6. The van der Waals surface area contributed by atoms with Crippen molar-refractivity contribution in [2.45, 2.75) is 31.8 Å². The number of rotatable bonds is 7. The van der Waals surface area contributed by atoms with Gasteiger partial charge < -0.3 is 20.4 Å². The number of carbonyl (C=O) groups is 1. The monoisotopic (exact) mass is 342 g/mol. The first-order valence-corrected chi connectivity index (χ1v) is 8.86. The molecular formula is C19H26N4O2. The molecule has 134 valence electrons. The lowest BCUT2D eigenvalue weighted by molar-refractivity contribution is -0.122. The first-order chi connectivity index (χ1) is 12.2.